The molecule has 2 aromatic rings. The number of hydrogen-bond donors (Lipinski definition) is 3. The molecule has 8 heteroatoms. The Morgan fingerprint density at radius 2 is 2.30 bits per heavy atom. The lowest BCUT2D eigenvalue weighted by Gasteiger charge is -2.27. The Bertz CT molecular complexity index is 780. The van der Waals surface area contributed by atoms with Crippen LogP contribution in [0, 0.1) is 11.8 Å². The van der Waals surface area contributed by atoms with E-state index in [1.165, 1.54) is 31.1 Å². The van der Waals surface area contributed by atoms with Crippen LogP contribution in [0.5, 0.6) is 0 Å². The van der Waals surface area contributed by atoms with Crippen LogP contribution in [0.3, 0.4) is 0 Å². The molecule has 7 nitrogen and oxygen atoms in total. The minimum absolute atomic E-state index is 0.000217. The molecule has 0 bridgehead atoms. The van der Waals surface area contributed by atoms with E-state index in [1.54, 1.807) is 0 Å². The van der Waals surface area contributed by atoms with E-state index in [-0.39, 0.29) is 11.8 Å². The second kappa shape index (κ2) is 9.14. The average Bonchev–Trinajstić information content (AvgIpc) is 3.29. The maximum atomic E-state index is 12.3. The molecule has 3 N–H and O–H groups in total. The molecule has 0 aliphatic carbocycles. The molecule has 2 amide bonds. The standard InChI is InChI=1S/C19H26N4O3S/c1-12(14-4-3-7-20-9-14)8-18(25)23-19-22-16(11-27-19)17-6-5-15(26-17)10-21-13(2)24/h5-6,11-12,14,20H,3-4,7-10H2,1-2H3,(H,21,24)(H,22,23,25). The van der Waals surface area contributed by atoms with Crippen LogP contribution in [0.1, 0.15) is 38.9 Å². The van der Waals surface area contributed by atoms with Gasteiger partial charge in [0.2, 0.25) is 11.8 Å². The second-order valence-electron chi connectivity index (χ2n) is 7.05. The van der Waals surface area contributed by atoms with Crippen LogP contribution in [0.15, 0.2) is 21.9 Å². The lowest BCUT2D eigenvalue weighted by molar-refractivity contribution is -0.119. The molecule has 27 heavy (non-hydrogen) atoms. The lowest BCUT2D eigenvalue weighted by Crippen LogP contribution is -2.34. The van der Waals surface area contributed by atoms with Gasteiger partial charge in [0.1, 0.15) is 11.5 Å². The zero-order chi connectivity index (χ0) is 19.2. The number of furan rings is 1. The molecule has 2 aromatic heterocycles. The first-order valence-electron chi connectivity index (χ1n) is 9.31. The van der Waals surface area contributed by atoms with Crippen molar-refractivity contribution in [2.75, 3.05) is 18.4 Å². The SMILES string of the molecule is CC(=O)NCc1ccc(-c2csc(NC(=O)CC(C)C3CCCNC3)n2)o1. The van der Waals surface area contributed by atoms with Crippen LogP contribution in [-0.2, 0) is 16.1 Å². The third-order valence-corrected chi connectivity index (χ3v) is 5.58. The van der Waals surface area contributed by atoms with E-state index < -0.39 is 0 Å². The van der Waals surface area contributed by atoms with Gasteiger partial charge >= 0.3 is 0 Å². The van der Waals surface area contributed by atoms with E-state index in [9.17, 15) is 9.59 Å². The average molecular weight is 391 g/mol. The Morgan fingerprint density at radius 1 is 1.44 bits per heavy atom. The van der Waals surface area contributed by atoms with E-state index in [4.69, 9.17) is 4.42 Å². The van der Waals surface area contributed by atoms with Gasteiger partial charge in [-0.15, -0.1) is 11.3 Å². The van der Waals surface area contributed by atoms with Crippen molar-refractivity contribution >= 4 is 28.3 Å². The normalized spacial score (nSPS) is 18.1. The fourth-order valence-electron chi connectivity index (χ4n) is 3.26. The monoisotopic (exact) mass is 390 g/mol. The Labute approximate surface area is 162 Å². The van der Waals surface area contributed by atoms with Crippen LogP contribution in [-0.4, -0.2) is 29.9 Å². The van der Waals surface area contributed by atoms with Gasteiger partial charge in [-0.2, -0.15) is 0 Å². The molecule has 3 rings (SSSR count). The van der Waals surface area contributed by atoms with E-state index in [1.807, 2.05) is 17.5 Å². The number of piperidine rings is 1. The van der Waals surface area contributed by atoms with Gasteiger partial charge in [0.25, 0.3) is 0 Å². The molecule has 0 saturated carbocycles. The van der Waals surface area contributed by atoms with Gasteiger partial charge in [-0.25, -0.2) is 4.98 Å². The van der Waals surface area contributed by atoms with Gasteiger partial charge in [0.15, 0.2) is 10.9 Å². The van der Waals surface area contributed by atoms with Crippen LogP contribution in [0.2, 0.25) is 0 Å². The van der Waals surface area contributed by atoms with Crippen LogP contribution >= 0.6 is 11.3 Å². The largest absolute Gasteiger partial charge is 0.458 e. The number of nitrogens with zero attached hydrogens (tertiary/aromatic N) is 1. The first-order chi connectivity index (χ1) is 13.0. The third kappa shape index (κ3) is 5.64. The molecule has 3 heterocycles. The number of carbonyl (C=O) groups excluding carboxylic acids is 2. The number of rotatable bonds is 7. The summed E-state index contributed by atoms with van der Waals surface area (Å²) < 4.78 is 5.69. The smallest absolute Gasteiger partial charge is 0.226 e. The van der Waals surface area contributed by atoms with Gasteiger partial charge in [0, 0.05) is 18.7 Å². The number of nitrogens with one attached hydrogen (secondary N) is 3. The minimum Gasteiger partial charge on any atom is -0.458 e. The summed E-state index contributed by atoms with van der Waals surface area (Å²) >= 11 is 1.38. The summed E-state index contributed by atoms with van der Waals surface area (Å²) in [6.07, 6.45) is 2.87. The molecule has 1 saturated heterocycles. The van der Waals surface area contributed by atoms with E-state index in [0.29, 0.717) is 47.1 Å². The molecule has 0 aromatic carbocycles. The van der Waals surface area contributed by atoms with Crippen molar-refractivity contribution in [1.29, 1.82) is 0 Å². The molecular weight excluding hydrogens is 364 g/mol. The van der Waals surface area contributed by atoms with Crippen molar-refractivity contribution < 1.29 is 14.0 Å². The van der Waals surface area contributed by atoms with Gasteiger partial charge in [-0.3, -0.25) is 9.59 Å². The molecule has 2 atom stereocenters. The number of anilines is 1. The fraction of sp³-hybridized carbons (Fsp3) is 0.526. The van der Waals surface area contributed by atoms with Crippen molar-refractivity contribution in [3.8, 4) is 11.5 Å². The molecular formula is C19H26N4O3S. The number of carbonyl (C=O) groups is 2. The summed E-state index contributed by atoms with van der Waals surface area (Å²) in [5.74, 6) is 2.08. The molecule has 0 spiro atoms. The van der Waals surface area contributed by atoms with Crippen LogP contribution in [0.25, 0.3) is 11.5 Å². The van der Waals surface area contributed by atoms with Crippen molar-refractivity contribution in [1.82, 2.24) is 15.6 Å². The zero-order valence-corrected chi connectivity index (χ0v) is 16.5. The third-order valence-electron chi connectivity index (χ3n) is 4.82. The summed E-state index contributed by atoms with van der Waals surface area (Å²) in [7, 11) is 0. The Kier molecular flexibility index (Phi) is 6.63. The molecule has 1 aliphatic rings. The number of hydrogen-bond acceptors (Lipinski definition) is 6. The fourth-order valence-corrected chi connectivity index (χ4v) is 3.98. The second-order valence-corrected chi connectivity index (χ2v) is 7.91. The maximum Gasteiger partial charge on any atom is 0.226 e. The van der Waals surface area contributed by atoms with Gasteiger partial charge in [-0.05, 0) is 49.9 Å². The van der Waals surface area contributed by atoms with Crippen LogP contribution < -0.4 is 16.0 Å². The highest BCUT2D eigenvalue weighted by atomic mass is 32.1. The zero-order valence-electron chi connectivity index (χ0n) is 15.7. The van der Waals surface area contributed by atoms with Crippen molar-refractivity contribution in [3.63, 3.8) is 0 Å². The molecule has 146 valence electrons. The van der Waals surface area contributed by atoms with E-state index in [2.05, 4.69) is 27.9 Å². The predicted molar refractivity (Wildman–Crippen MR) is 105 cm³/mol. The quantitative estimate of drug-likeness (QED) is 0.675. The topological polar surface area (TPSA) is 96.3 Å². The summed E-state index contributed by atoms with van der Waals surface area (Å²) in [5.41, 5.74) is 0.675. The highest BCUT2D eigenvalue weighted by Crippen LogP contribution is 2.27. The highest BCUT2D eigenvalue weighted by molar-refractivity contribution is 7.14. The van der Waals surface area contributed by atoms with E-state index in [0.717, 1.165) is 13.1 Å². The number of amides is 2. The van der Waals surface area contributed by atoms with Gasteiger partial charge in [-0.1, -0.05) is 6.92 Å². The van der Waals surface area contributed by atoms with Crippen molar-refractivity contribution in [2.45, 2.75) is 39.7 Å². The summed E-state index contributed by atoms with van der Waals surface area (Å²) in [4.78, 5) is 27.7. The molecule has 2 unspecified atom stereocenters. The van der Waals surface area contributed by atoms with E-state index >= 15 is 0 Å². The van der Waals surface area contributed by atoms with Crippen molar-refractivity contribution in [3.05, 3.63) is 23.3 Å². The van der Waals surface area contributed by atoms with Crippen LogP contribution in [0.4, 0.5) is 5.13 Å². The Balaban J connectivity index is 1.52. The number of aromatic nitrogens is 1. The first-order valence-corrected chi connectivity index (χ1v) is 10.2. The summed E-state index contributed by atoms with van der Waals surface area (Å²) in [5, 5.41) is 11.4. The summed E-state index contributed by atoms with van der Waals surface area (Å²) in [6.45, 7) is 6.03. The minimum atomic E-state index is -0.107. The highest BCUT2D eigenvalue weighted by Gasteiger charge is 2.22. The Hall–Kier alpha value is -2.19. The molecule has 0 radical (unpaired) electrons. The Morgan fingerprint density at radius 3 is 3.04 bits per heavy atom. The molecule has 1 fully saturated rings. The molecule has 1 aliphatic heterocycles. The number of thiazole rings is 1. The lowest BCUT2D eigenvalue weighted by atomic mass is 9.85. The maximum absolute atomic E-state index is 12.3. The van der Waals surface area contributed by atoms with Gasteiger partial charge in [0.05, 0.1) is 6.54 Å². The van der Waals surface area contributed by atoms with Gasteiger partial charge < -0.3 is 20.4 Å². The summed E-state index contributed by atoms with van der Waals surface area (Å²) in [6, 6.07) is 3.62. The first kappa shape index (κ1) is 19.6. The predicted octanol–water partition coefficient (Wildman–Crippen LogP) is 3.00. The van der Waals surface area contributed by atoms with Crippen molar-refractivity contribution in [2.24, 2.45) is 11.8 Å².